The van der Waals surface area contributed by atoms with Crippen molar-refractivity contribution in [1.82, 2.24) is 0 Å². The van der Waals surface area contributed by atoms with Crippen LogP contribution in [0.1, 0.15) is 5.56 Å². The molecule has 0 aliphatic carbocycles. The van der Waals surface area contributed by atoms with E-state index in [4.69, 9.17) is 4.74 Å². The highest BCUT2D eigenvalue weighted by Gasteiger charge is 2.23. The van der Waals surface area contributed by atoms with E-state index in [1.54, 1.807) is 0 Å². The van der Waals surface area contributed by atoms with E-state index < -0.39 is 0 Å². The lowest BCUT2D eigenvalue weighted by Crippen LogP contribution is -1.93. The molecular weight excluding hydrogens is 284 g/mol. The van der Waals surface area contributed by atoms with Crippen LogP contribution in [0.4, 0.5) is 0 Å². The molecule has 1 unspecified atom stereocenters. The Labute approximate surface area is 88.4 Å². The lowest BCUT2D eigenvalue weighted by atomic mass is 10.1. The first kappa shape index (κ1) is 8.73. The number of rotatable bonds is 2. The molecule has 2 rings (SSSR count). The fraction of sp³-hybridized carbons (Fsp3) is 0.333. The summed E-state index contributed by atoms with van der Waals surface area (Å²) in [6, 6.07) is 6.25. The average molecular weight is 292 g/mol. The smallest absolute Gasteiger partial charge is 0.0850 e. The van der Waals surface area contributed by atoms with E-state index in [-0.39, 0.29) is 0 Å². The third kappa shape index (κ3) is 2.09. The van der Waals surface area contributed by atoms with Crippen molar-refractivity contribution in [3.8, 4) is 0 Å². The normalized spacial score (nSPS) is 21.0. The molecule has 1 aromatic carbocycles. The maximum absolute atomic E-state index is 5.17. The van der Waals surface area contributed by atoms with Crippen LogP contribution in [0.3, 0.4) is 0 Å². The Morgan fingerprint density at radius 1 is 1.42 bits per heavy atom. The van der Waals surface area contributed by atoms with E-state index in [1.807, 2.05) is 0 Å². The van der Waals surface area contributed by atoms with E-state index in [9.17, 15) is 0 Å². The highest BCUT2D eigenvalue weighted by Crippen LogP contribution is 2.25. The van der Waals surface area contributed by atoms with E-state index in [0.29, 0.717) is 6.10 Å². The van der Waals surface area contributed by atoms with Crippen LogP contribution >= 0.6 is 31.9 Å². The highest BCUT2D eigenvalue weighted by molar-refractivity contribution is 9.11. The molecule has 0 bridgehead atoms. The Hall–Kier alpha value is 0.140. The number of hydrogen-bond acceptors (Lipinski definition) is 1. The molecule has 0 spiro atoms. The van der Waals surface area contributed by atoms with E-state index >= 15 is 0 Å². The summed E-state index contributed by atoms with van der Waals surface area (Å²) >= 11 is 6.93. The predicted molar refractivity (Wildman–Crippen MR) is 55.3 cm³/mol. The first-order valence-electron chi connectivity index (χ1n) is 3.81. The van der Waals surface area contributed by atoms with Crippen molar-refractivity contribution in [2.75, 3.05) is 6.61 Å². The summed E-state index contributed by atoms with van der Waals surface area (Å²) in [4.78, 5) is 0. The van der Waals surface area contributed by atoms with E-state index in [0.717, 1.165) is 22.0 Å². The van der Waals surface area contributed by atoms with Crippen LogP contribution in [0.15, 0.2) is 27.1 Å². The monoisotopic (exact) mass is 290 g/mol. The molecule has 1 aromatic rings. The van der Waals surface area contributed by atoms with Crippen LogP contribution in [0.25, 0.3) is 0 Å². The molecule has 1 atom stereocenters. The Morgan fingerprint density at radius 3 is 2.75 bits per heavy atom. The van der Waals surface area contributed by atoms with Gasteiger partial charge in [-0.2, -0.15) is 0 Å². The van der Waals surface area contributed by atoms with Gasteiger partial charge in [-0.3, -0.25) is 0 Å². The van der Waals surface area contributed by atoms with Crippen molar-refractivity contribution in [1.29, 1.82) is 0 Å². The molecule has 0 aromatic heterocycles. The number of halogens is 2. The fourth-order valence-electron chi connectivity index (χ4n) is 1.12. The van der Waals surface area contributed by atoms with Gasteiger partial charge in [-0.05, 0) is 17.7 Å². The van der Waals surface area contributed by atoms with Crippen LogP contribution in [0, 0.1) is 0 Å². The van der Waals surface area contributed by atoms with Crippen molar-refractivity contribution in [3.05, 3.63) is 32.7 Å². The van der Waals surface area contributed by atoms with Crippen LogP contribution in [-0.4, -0.2) is 12.7 Å². The van der Waals surface area contributed by atoms with Crippen molar-refractivity contribution in [2.24, 2.45) is 0 Å². The van der Waals surface area contributed by atoms with Gasteiger partial charge >= 0.3 is 0 Å². The second kappa shape index (κ2) is 3.48. The number of hydrogen-bond donors (Lipinski definition) is 0. The van der Waals surface area contributed by atoms with Crippen molar-refractivity contribution in [3.63, 3.8) is 0 Å². The molecular formula is C9H8Br2O. The second-order valence-corrected chi connectivity index (χ2v) is 4.67. The molecule has 0 radical (unpaired) electrons. The van der Waals surface area contributed by atoms with Gasteiger partial charge in [-0.1, -0.05) is 37.9 Å². The van der Waals surface area contributed by atoms with Crippen molar-refractivity contribution >= 4 is 31.9 Å². The molecule has 1 fully saturated rings. The Bertz CT molecular complexity index is 295. The minimum Gasteiger partial charge on any atom is -0.373 e. The molecule has 1 nitrogen and oxygen atoms in total. The van der Waals surface area contributed by atoms with Crippen LogP contribution in [0.2, 0.25) is 0 Å². The minimum absolute atomic E-state index is 0.461. The standard InChI is InChI=1S/C9H8Br2O/c10-7-2-1-6(9(11)4-7)3-8-5-12-8/h1-2,4,8H,3,5H2. The molecule has 0 saturated carbocycles. The Kier molecular flexibility index (Phi) is 2.53. The van der Waals surface area contributed by atoms with E-state index in [2.05, 4.69) is 50.1 Å². The summed E-state index contributed by atoms with van der Waals surface area (Å²) in [6.07, 6.45) is 1.48. The van der Waals surface area contributed by atoms with Gasteiger partial charge in [0.15, 0.2) is 0 Å². The second-order valence-electron chi connectivity index (χ2n) is 2.90. The molecule has 1 saturated heterocycles. The van der Waals surface area contributed by atoms with Gasteiger partial charge in [0.25, 0.3) is 0 Å². The van der Waals surface area contributed by atoms with Crippen LogP contribution in [-0.2, 0) is 11.2 Å². The third-order valence-corrected chi connectivity index (χ3v) is 3.10. The number of ether oxygens (including phenoxy) is 1. The third-order valence-electron chi connectivity index (χ3n) is 1.87. The molecule has 0 amide bonds. The molecule has 64 valence electrons. The molecule has 1 aliphatic heterocycles. The fourth-order valence-corrected chi connectivity index (χ4v) is 2.33. The van der Waals surface area contributed by atoms with Gasteiger partial charge in [0.1, 0.15) is 0 Å². The Balaban J connectivity index is 2.18. The maximum atomic E-state index is 5.17. The zero-order valence-electron chi connectivity index (χ0n) is 6.39. The summed E-state index contributed by atoms with van der Waals surface area (Å²) in [5.41, 5.74) is 1.32. The van der Waals surface area contributed by atoms with Crippen LogP contribution < -0.4 is 0 Å². The molecule has 1 aliphatic rings. The Morgan fingerprint density at radius 2 is 2.17 bits per heavy atom. The lowest BCUT2D eigenvalue weighted by Gasteiger charge is -2.01. The predicted octanol–water partition coefficient (Wildman–Crippen LogP) is 3.15. The first-order valence-corrected chi connectivity index (χ1v) is 5.40. The summed E-state index contributed by atoms with van der Waals surface area (Å²) in [5, 5.41) is 0. The minimum atomic E-state index is 0.461. The largest absolute Gasteiger partial charge is 0.373 e. The van der Waals surface area contributed by atoms with Gasteiger partial charge in [0.05, 0.1) is 12.7 Å². The van der Waals surface area contributed by atoms with Crippen molar-refractivity contribution < 1.29 is 4.74 Å². The van der Waals surface area contributed by atoms with Gasteiger partial charge < -0.3 is 4.74 Å². The van der Waals surface area contributed by atoms with E-state index in [1.165, 1.54) is 5.56 Å². The zero-order valence-corrected chi connectivity index (χ0v) is 9.56. The van der Waals surface area contributed by atoms with Gasteiger partial charge in [-0.25, -0.2) is 0 Å². The topological polar surface area (TPSA) is 12.5 Å². The highest BCUT2D eigenvalue weighted by atomic mass is 79.9. The lowest BCUT2D eigenvalue weighted by molar-refractivity contribution is 0.407. The number of benzene rings is 1. The SMILES string of the molecule is Brc1ccc(CC2CO2)c(Br)c1. The summed E-state index contributed by atoms with van der Waals surface area (Å²) < 4.78 is 7.43. The first-order chi connectivity index (χ1) is 5.75. The summed E-state index contributed by atoms with van der Waals surface area (Å²) in [7, 11) is 0. The molecule has 3 heteroatoms. The molecule has 1 heterocycles. The van der Waals surface area contributed by atoms with Crippen LogP contribution in [0.5, 0.6) is 0 Å². The average Bonchev–Trinajstić information content (AvgIpc) is 2.79. The van der Waals surface area contributed by atoms with Crippen molar-refractivity contribution in [2.45, 2.75) is 12.5 Å². The molecule has 12 heavy (non-hydrogen) atoms. The van der Waals surface area contributed by atoms with Gasteiger partial charge in [0, 0.05) is 15.4 Å². The molecule has 0 N–H and O–H groups in total. The zero-order chi connectivity index (χ0) is 8.55. The van der Waals surface area contributed by atoms with Gasteiger partial charge in [0.2, 0.25) is 0 Å². The number of epoxide rings is 1. The summed E-state index contributed by atoms with van der Waals surface area (Å²) in [5.74, 6) is 0. The quantitative estimate of drug-likeness (QED) is 0.763. The van der Waals surface area contributed by atoms with Gasteiger partial charge in [-0.15, -0.1) is 0 Å². The maximum Gasteiger partial charge on any atom is 0.0850 e. The summed E-state index contributed by atoms with van der Waals surface area (Å²) in [6.45, 7) is 0.919.